The molecule has 100 valence electrons. The summed E-state index contributed by atoms with van der Waals surface area (Å²) in [5.74, 6) is 0.298. The smallest absolute Gasteiger partial charge is 0.240 e. The number of nitrogens with zero attached hydrogens (tertiary/aromatic N) is 2. The maximum absolute atomic E-state index is 12.0. The van der Waals surface area contributed by atoms with Crippen LogP contribution in [-0.4, -0.2) is 54.6 Å². The molecule has 1 rings (SSSR count). The van der Waals surface area contributed by atoms with Gasteiger partial charge in [0, 0.05) is 6.54 Å². The number of hydrogen-bond acceptors (Lipinski definition) is 3. The van der Waals surface area contributed by atoms with Crippen LogP contribution in [0.3, 0.4) is 0 Å². The van der Waals surface area contributed by atoms with Crippen LogP contribution in [0.2, 0.25) is 0 Å². The van der Waals surface area contributed by atoms with Gasteiger partial charge in [0.05, 0.1) is 12.7 Å². The zero-order valence-corrected chi connectivity index (χ0v) is 11.5. The number of carbonyl (C=O) groups is 1. The van der Waals surface area contributed by atoms with E-state index < -0.39 is 0 Å². The SMILES string of the molecule is CCCC1NCN(CCCN(CC)CC)C1=O. The maximum atomic E-state index is 12.0. The number of hydrogen-bond donors (Lipinski definition) is 1. The second-order valence-corrected chi connectivity index (χ2v) is 4.69. The average molecular weight is 241 g/mol. The van der Waals surface area contributed by atoms with Crippen LogP contribution < -0.4 is 5.32 Å². The summed E-state index contributed by atoms with van der Waals surface area (Å²) in [6.45, 7) is 11.4. The van der Waals surface area contributed by atoms with E-state index in [9.17, 15) is 4.79 Å². The third-order valence-corrected chi connectivity index (χ3v) is 3.51. The van der Waals surface area contributed by atoms with Crippen LogP contribution in [0.25, 0.3) is 0 Å². The second kappa shape index (κ2) is 7.67. The quantitative estimate of drug-likeness (QED) is 0.695. The first-order valence-electron chi connectivity index (χ1n) is 6.97. The van der Waals surface area contributed by atoms with Crippen molar-refractivity contribution >= 4 is 5.91 Å². The largest absolute Gasteiger partial charge is 0.329 e. The first-order chi connectivity index (χ1) is 8.22. The van der Waals surface area contributed by atoms with Gasteiger partial charge in [-0.1, -0.05) is 27.2 Å². The molecular weight excluding hydrogens is 214 g/mol. The standard InChI is InChI=1S/C13H27N3O/c1-4-8-12-13(17)16(11-14-12)10-7-9-15(5-2)6-3/h12,14H,4-11H2,1-3H3. The molecule has 1 amide bonds. The second-order valence-electron chi connectivity index (χ2n) is 4.69. The third-order valence-electron chi connectivity index (χ3n) is 3.51. The molecule has 0 aromatic rings. The molecular formula is C13H27N3O. The minimum atomic E-state index is 0.0773. The third kappa shape index (κ3) is 4.28. The van der Waals surface area contributed by atoms with Crippen molar-refractivity contribution in [2.45, 2.75) is 46.1 Å². The Morgan fingerprint density at radius 1 is 1.35 bits per heavy atom. The van der Waals surface area contributed by atoms with E-state index in [0.717, 1.165) is 52.1 Å². The van der Waals surface area contributed by atoms with Gasteiger partial charge in [0.25, 0.3) is 0 Å². The summed E-state index contributed by atoms with van der Waals surface area (Å²) in [5.41, 5.74) is 0. The lowest BCUT2D eigenvalue weighted by Crippen LogP contribution is -2.33. The first-order valence-corrected chi connectivity index (χ1v) is 6.97. The van der Waals surface area contributed by atoms with Crippen molar-refractivity contribution in [1.82, 2.24) is 15.1 Å². The molecule has 1 N–H and O–H groups in total. The molecule has 0 bridgehead atoms. The van der Waals surface area contributed by atoms with E-state index in [-0.39, 0.29) is 6.04 Å². The van der Waals surface area contributed by atoms with Crippen molar-refractivity contribution in [2.75, 3.05) is 32.8 Å². The van der Waals surface area contributed by atoms with Crippen molar-refractivity contribution < 1.29 is 4.79 Å². The fraction of sp³-hybridized carbons (Fsp3) is 0.923. The summed E-state index contributed by atoms with van der Waals surface area (Å²) in [6.07, 6.45) is 3.11. The maximum Gasteiger partial charge on any atom is 0.240 e. The van der Waals surface area contributed by atoms with Crippen LogP contribution in [-0.2, 0) is 4.79 Å². The van der Waals surface area contributed by atoms with Crippen LogP contribution in [0.5, 0.6) is 0 Å². The highest BCUT2D eigenvalue weighted by Gasteiger charge is 2.29. The summed E-state index contributed by atoms with van der Waals surface area (Å²) in [5, 5.41) is 3.29. The van der Waals surface area contributed by atoms with Gasteiger partial charge in [-0.05, 0) is 32.5 Å². The highest BCUT2D eigenvalue weighted by Crippen LogP contribution is 2.09. The summed E-state index contributed by atoms with van der Waals surface area (Å²) < 4.78 is 0. The lowest BCUT2D eigenvalue weighted by atomic mass is 10.1. The Morgan fingerprint density at radius 3 is 2.65 bits per heavy atom. The Labute approximate surface area is 105 Å². The van der Waals surface area contributed by atoms with Gasteiger partial charge in [-0.15, -0.1) is 0 Å². The molecule has 1 fully saturated rings. The van der Waals surface area contributed by atoms with Gasteiger partial charge in [-0.25, -0.2) is 0 Å². The molecule has 0 aliphatic carbocycles. The van der Waals surface area contributed by atoms with Gasteiger partial charge in [0.1, 0.15) is 0 Å². The predicted octanol–water partition coefficient (Wildman–Crippen LogP) is 1.28. The fourth-order valence-corrected chi connectivity index (χ4v) is 2.33. The predicted molar refractivity (Wildman–Crippen MR) is 70.8 cm³/mol. The van der Waals surface area contributed by atoms with E-state index in [2.05, 4.69) is 31.0 Å². The normalized spacial score (nSPS) is 20.6. The van der Waals surface area contributed by atoms with Crippen molar-refractivity contribution in [3.8, 4) is 0 Å². The minimum absolute atomic E-state index is 0.0773. The molecule has 4 heteroatoms. The van der Waals surface area contributed by atoms with E-state index in [4.69, 9.17) is 0 Å². The molecule has 1 atom stereocenters. The molecule has 0 aromatic carbocycles. The summed E-state index contributed by atoms with van der Waals surface area (Å²) in [4.78, 5) is 16.3. The van der Waals surface area contributed by atoms with Crippen LogP contribution in [0.15, 0.2) is 0 Å². The summed E-state index contributed by atoms with van der Waals surface area (Å²) >= 11 is 0. The van der Waals surface area contributed by atoms with Gasteiger partial charge in [-0.2, -0.15) is 0 Å². The number of amides is 1. The molecule has 0 radical (unpaired) electrons. The van der Waals surface area contributed by atoms with E-state index in [1.165, 1.54) is 0 Å². The van der Waals surface area contributed by atoms with Gasteiger partial charge in [-0.3, -0.25) is 10.1 Å². The minimum Gasteiger partial charge on any atom is -0.329 e. The van der Waals surface area contributed by atoms with Gasteiger partial charge in [0.2, 0.25) is 5.91 Å². The van der Waals surface area contributed by atoms with Crippen LogP contribution in [0, 0.1) is 0 Å². The highest BCUT2D eigenvalue weighted by atomic mass is 16.2. The van der Waals surface area contributed by atoms with Crippen molar-refractivity contribution in [2.24, 2.45) is 0 Å². The van der Waals surface area contributed by atoms with Gasteiger partial charge >= 0.3 is 0 Å². The van der Waals surface area contributed by atoms with Crippen LogP contribution in [0.4, 0.5) is 0 Å². The number of rotatable bonds is 8. The van der Waals surface area contributed by atoms with Gasteiger partial charge < -0.3 is 9.80 Å². The Bertz CT molecular complexity index is 229. The Hall–Kier alpha value is -0.610. The zero-order chi connectivity index (χ0) is 12.7. The molecule has 1 heterocycles. The number of nitrogens with one attached hydrogen (secondary N) is 1. The van der Waals surface area contributed by atoms with E-state index in [0.29, 0.717) is 5.91 Å². The molecule has 0 aromatic heterocycles. The van der Waals surface area contributed by atoms with E-state index in [1.807, 2.05) is 4.90 Å². The Kier molecular flexibility index (Phi) is 6.52. The zero-order valence-electron chi connectivity index (χ0n) is 11.5. The molecule has 4 nitrogen and oxygen atoms in total. The topological polar surface area (TPSA) is 35.6 Å². The molecule has 17 heavy (non-hydrogen) atoms. The Balaban J connectivity index is 2.22. The summed E-state index contributed by atoms with van der Waals surface area (Å²) in [6, 6.07) is 0.0773. The van der Waals surface area contributed by atoms with E-state index >= 15 is 0 Å². The lowest BCUT2D eigenvalue weighted by molar-refractivity contribution is -0.129. The highest BCUT2D eigenvalue weighted by molar-refractivity contribution is 5.83. The van der Waals surface area contributed by atoms with Crippen LogP contribution in [0.1, 0.15) is 40.0 Å². The molecule has 1 aliphatic heterocycles. The van der Waals surface area contributed by atoms with Crippen LogP contribution >= 0.6 is 0 Å². The lowest BCUT2D eigenvalue weighted by Gasteiger charge is -2.20. The molecule has 0 saturated carbocycles. The molecule has 0 spiro atoms. The average Bonchev–Trinajstić information content (AvgIpc) is 2.68. The fourth-order valence-electron chi connectivity index (χ4n) is 2.33. The summed E-state index contributed by atoms with van der Waals surface area (Å²) in [7, 11) is 0. The van der Waals surface area contributed by atoms with Gasteiger partial charge in [0.15, 0.2) is 0 Å². The molecule has 1 saturated heterocycles. The van der Waals surface area contributed by atoms with E-state index in [1.54, 1.807) is 0 Å². The Morgan fingerprint density at radius 2 is 2.06 bits per heavy atom. The molecule has 1 unspecified atom stereocenters. The first kappa shape index (κ1) is 14.5. The van der Waals surface area contributed by atoms with Crippen molar-refractivity contribution in [3.63, 3.8) is 0 Å². The van der Waals surface area contributed by atoms with Crippen molar-refractivity contribution in [3.05, 3.63) is 0 Å². The molecule has 1 aliphatic rings. The monoisotopic (exact) mass is 241 g/mol. The number of carbonyl (C=O) groups excluding carboxylic acids is 1. The van der Waals surface area contributed by atoms with Crippen molar-refractivity contribution in [1.29, 1.82) is 0 Å².